The number of piperidine rings is 1. The molecule has 9 heteroatoms. The summed E-state index contributed by atoms with van der Waals surface area (Å²) in [5, 5.41) is 8.32. The Hall–Kier alpha value is -3.49. The minimum absolute atomic E-state index is 0.365. The number of hydrogen-bond acceptors (Lipinski definition) is 6. The molecule has 1 aliphatic rings. The number of fused-ring (bicyclic) bond motifs is 2. The van der Waals surface area contributed by atoms with Crippen molar-refractivity contribution >= 4 is 33.7 Å². The SMILES string of the molecule is Cc1nc2ccc(Oc3ccc4nc(Cl)c(-c5cnn(CCC6CCNCC6)c5)nc4c3)cc2[nH]1. The zero-order valence-corrected chi connectivity index (χ0v) is 20.2. The van der Waals surface area contributed by atoms with E-state index in [-0.39, 0.29) is 0 Å². The molecular weight excluding hydrogens is 462 g/mol. The average Bonchev–Trinajstić information content (AvgIpc) is 3.48. The van der Waals surface area contributed by atoms with Gasteiger partial charge in [0.25, 0.3) is 0 Å². The number of benzene rings is 2. The number of halogens is 1. The van der Waals surface area contributed by atoms with Crippen LogP contribution < -0.4 is 10.1 Å². The summed E-state index contributed by atoms with van der Waals surface area (Å²) in [6.45, 7) is 5.05. The molecule has 0 spiro atoms. The first-order valence-corrected chi connectivity index (χ1v) is 12.3. The maximum atomic E-state index is 6.51. The van der Waals surface area contributed by atoms with E-state index >= 15 is 0 Å². The Morgan fingerprint density at radius 1 is 1.00 bits per heavy atom. The van der Waals surface area contributed by atoms with Gasteiger partial charge in [0.15, 0.2) is 5.15 Å². The van der Waals surface area contributed by atoms with Gasteiger partial charge in [0.05, 0.1) is 28.3 Å². The Morgan fingerprint density at radius 3 is 2.66 bits per heavy atom. The molecule has 0 aliphatic carbocycles. The summed E-state index contributed by atoms with van der Waals surface area (Å²) in [4.78, 5) is 17.0. The molecule has 35 heavy (non-hydrogen) atoms. The van der Waals surface area contributed by atoms with E-state index in [9.17, 15) is 0 Å². The average molecular weight is 488 g/mol. The molecule has 1 saturated heterocycles. The smallest absolute Gasteiger partial charge is 0.156 e. The standard InChI is InChI=1S/C26H26ClN7O/c1-16-30-21-4-2-19(12-23(21)31-16)35-20-3-5-22-24(13-20)32-25(26(27)33-22)18-14-29-34(15-18)11-8-17-6-9-28-10-7-17/h2-5,12-15,17,28H,6-11H2,1H3,(H,30,31). The Labute approximate surface area is 207 Å². The lowest BCUT2D eigenvalue weighted by molar-refractivity contribution is 0.332. The Balaban J connectivity index is 1.23. The first kappa shape index (κ1) is 22.0. The third-order valence-corrected chi connectivity index (χ3v) is 6.80. The summed E-state index contributed by atoms with van der Waals surface area (Å²) in [6, 6.07) is 11.4. The summed E-state index contributed by atoms with van der Waals surface area (Å²) in [7, 11) is 0. The predicted molar refractivity (Wildman–Crippen MR) is 137 cm³/mol. The van der Waals surface area contributed by atoms with Crippen LogP contribution in [0.25, 0.3) is 33.3 Å². The Bertz CT molecular complexity index is 1500. The summed E-state index contributed by atoms with van der Waals surface area (Å²) in [5.41, 5.74) is 4.76. The van der Waals surface area contributed by atoms with E-state index in [0.717, 1.165) is 60.1 Å². The van der Waals surface area contributed by atoms with Crippen LogP contribution in [0.4, 0.5) is 0 Å². The molecule has 2 aromatic carbocycles. The number of aromatic nitrogens is 6. The van der Waals surface area contributed by atoms with Gasteiger partial charge in [-0.3, -0.25) is 4.68 Å². The van der Waals surface area contributed by atoms with E-state index in [0.29, 0.717) is 27.6 Å². The van der Waals surface area contributed by atoms with Gasteiger partial charge >= 0.3 is 0 Å². The van der Waals surface area contributed by atoms with Crippen LogP contribution in [0.15, 0.2) is 48.8 Å². The van der Waals surface area contributed by atoms with Gasteiger partial charge in [-0.15, -0.1) is 0 Å². The second-order valence-corrected chi connectivity index (χ2v) is 9.45. The number of aryl methyl sites for hydroxylation is 2. The third-order valence-electron chi connectivity index (χ3n) is 6.53. The zero-order chi connectivity index (χ0) is 23.8. The molecule has 178 valence electrons. The fraction of sp³-hybridized carbons (Fsp3) is 0.308. The number of rotatable bonds is 6. The molecule has 3 aromatic heterocycles. The fourth-order valence-corrected chi connectivity index (χ4v) is 4.91. The molecule has 6 rings (SSSR count). The maximum absolute atomic E-state index is 6.51. The van der Waals surface area contributed by atoms with Crippen molar-refractivity contribution in [1.82, 2.24) is 35.0 Å². The summed E-state index contributed by atoms with van der Waals surface area (Å²) >= 11 is 6.51. The highest BCUT2D eigenvalue weighted by atomic mass is 35.5. The lowest BCUT2D eigenvalue weighted by Gasteiger charge is -2.22. The summed E-state index contributed by atoms with van der Waals surface area (Å²) in [6.07, 6.45) is 7.41. The molecule has 0 amide bonds. The van der Waals surface area contributed by atoms with E-state index < -0.39 is 0 Å². The molecule has 5 aromatic rings. The van der Waals surface area contributed by atoms with Crippen molar-refractivity contribution in [3.05, 3.63) is 59.8 Å². The van der Waals surface area contributed by atoms with Crippen molar-refractivity contribution < 1.29 is 4.74 Å². The number of H-pyrrole nitrogens is 1. The van der Waals surface area contributed by atoms with Gasteiger partial charge in [-0.2, -0.15) is 5.10 Å². The molecule has 1 aliphatic heterocycles. The van der Waals surface area contributed by atoms with Gasteiger partial charge in [-0.1, -0.05) is 11.6 Å². The van der Waals surface area contributed by atoms with E-state index in [4.69, 9.17) is 21.3 Å². The molecule has 4 heterocycles. The van der Waals surface area contributed by atoms with Crippen LogP contribution in [0.1, 0.15) is 25.1 Å². The highest BCUT2D eigenvalue weighted by molar-refractivity contribution is 6.32. The molecule has 0 unspecified atom stereocenters. The number of hydrogen-bond donors (Lipinski definition) is 2. The molecule has 0 radical (unpaired) electrons. The highest BCUT2D eigenvalue weighted by Gasteiger charge is 2.15. The van der Waals surface area contributed by atoms with Crippen molar-refractivity contribution in [2.45, 2.75) is 32.7 Å². The quantitative estimate of drug-likeness (QED) is 0.328. The van der Waals surface area contributed by atoms with Crippen LogP contribution in [0.3, 0.4) is 0 Å². The van der Waals surface area contributed by atoms with Crippen LogP contribution in [-0.4, -0.2) is 42.8 Å². The van der Waals surface area contributed by atoms with Crippen molar-refractivity contribution in [3.8, 4) is 22.8 Å². The lowest BCUT2D eigenvalue weighted by Crippen LogP contribution is -2.28. The normalized spacial score (nSPS) is 14.7. The van der Waals surface area contributed by atoms with Crippen LogP contribution in [0.5, 0.6) is 11.5 Å². The van der Waals surface area contributed by atoms with Crippen LogP contribution in [0, 0.1) is 12.8 Å². The van der Waals surface area contributed by atoms with Crippen LogP contribution in [0.2, 0.25) is 5.15 Å². The first-order valence-electron chi connectivity index (χ1n) is 12.0. The summed E-state index contributed by atoms with van der Waals surface area (Å²) < 4.78 is 8.08. The number of ether oxygens (including phenoxy) is 1. The molecule has 0 atom stereocenters. The van der Waals surface area contributed by atoms with E-state index in [1.165, 1.54) is 12.8 Å². The number of aromatic amines is 1. The van der Waals surface area contributed by atoms with Crippen molar-refractivity contribution in [1.29, 1.82) is 0 Å². The zero-order valence-electron chi connectivity index (χ0n) is 19.5. The minimum atomic E-state index is 0.365. The topological polar surface area (TPSA) is 93.5 Å². The van der Waals surface area contributed by atoms with Crippen molar-refractivity contribution in [2.24, 2.45) is 5.92 Å². The lowest BCUT2D eigenvalue weighted by atomic mass is 9.95. The Morgan fingerprint density at radius 2 is 1.80 bits per heavy atom. The second-order valence-electron chi connectivity index (χ2n) is 9.09. The van der Waals surface area contributed by atoms with Crippen LogP contribution >= 0.6 is 11.6 Å². The largest absolute Gasteiger partial charge is 0.457 e. The molecule has 8 nitrogen and oxygen atoms in total. The first-order chi connectivity index (χ1) is 17.1. The summed E-state index contributed by atoms with van der Waals surface area (Å²) in [5.74, 6) is 3.02. The van der Waals surface area contributed by atoms with Gasteiger partial charge in [-0.25, -0.2) is 15.0 Å². The maximum Gasteiger partial charge on any atom is 0.156 e. The van der Waals surface area contributed by atoms with E-state index in [2.05, 4.69) is 25.4 Å². The minimum Gasteiger partial charge on any atom is -0.457 e. The molecule has 0 saturated carbocycles. The monoisotopic (exact) mass is 487 g/mol. The number of imidazole rings is 1. The van der Waals surface area contributed by atoms with E-state index in [1.54, 1.807) is 0 Å². The number of nitrogens with zero attached hydrogens (tertiary/aromatic N) is 5. The second kappa shape index (κ2) is 9.28. The van der Waals surface area contributed by atoms with Gasteiger partial charge in [-0.05, 0) is 69.5 Å². The third kappa shape index (κ3) is 4.72. The Kier molecular flexibility index (Phi) is 5.83. The van der Waals surface area contributed by atoms with Crippen molar-refractivity contribution in [2.75, 3.05) is 13.1 Å². The van der Waals surface area contributed by atoms with Gasteiger partial charge in [0.1, 0.15) is 23.0 Å². The van der Waals surface area contributed by atoms with Gasteiger partial charge in [0.2, 0.25) is 0 Å². The van der Waals surface area contributed by atoms with Gasteiger partial charge in [0, 0.05) is 30.4 Å². The highest BCUT2D eigenvalue weighted by Crippen LogP contribution is 2.30. The van der Waals surface area contributed by atoms with Crippen molar-refractivity contribution in [3.63, 3.8) is 0 Å². The van der Waals surface area contributed by atoms with Crippen LogP contribution in [-0.2, 0) is 6.54 Å². The predicted octanol–water partition coefficient (Wildman–Crippen LogP) is 5.51. The molecular formula is C26H26ClN7O. The molecule has 0 bridgehead atoms. The van der Waals surface area contributed by atoms with Gasteiger partial charge < -0.3 is 15.0 Å². The molecule has 1 fully saturated rings. The number of nitrogens with one attached hydrogen (secondary N) is 2. The van der Waals surface area contributed by atoms with E-state index in [1.807, 2.05) is 60.4 Å². The molecule has 2 N–H and O–H groups in total. The fourth-order valence-electron chi connectivity index (χ4n) is 4.67.